The number of amides is 2. The van der Waals surface area contributed by atoms with Crippen molar-refractivity contribution in [1.82, 2.24) is 4.90 Å². The van der Waals surface area contributed by atoms with Gasteiger partial charge in [0.1, 0.15) is 5.75 Å². The van der Waals surface area contributed by atoms with Crippen LogP contribution < -0.4 is 10.1 Å². The van der Waals surface area contributed by atoms with Crippen LogP contribution in [0.3, 0.4) is 0 Å². The second-order valence-electron chi connectivity index (χ2n) is 5.92. The Kier molecular flexibility index (Phi) is 7.90. The van der Waals surface area contributed by atoms with Crippen molar-refractivity contribution in [1.29, 1.82) is 0 Å². The predicted octanol–water partition coefficient (Wildman–Crippen LogP) is 3.86. The SMILES string of the molecule is CCCN(CC(=O)Nc1ccccc1C)C(=O)COc1ccc(I)cc1. The highest BCUT2D eigenvalue weighted by Crippen LogP contribution is 2.14. The van der Waals surface area contributed by atoms with Crippen LogP contribution in [0.2, 0.25) is 0 Å². The van der Waals surface area contributed by atoms with Crippen molar-refractivity contribution in [2.24, 2.45) is 0 Å². The molecule has 2 aromatic carbocycles. The van der Waals surface area contributed by atoms with Crippen molar-refractivity contribution in [3.8, 4) is 5.75 Å². The molecule has 0 bridgehead atoms. The van der Waals surface area contributed by atoms with E-state index in [9.17, 15) is 9.59 Å². The highest BCUT2D eigenvalue weighted by atomic mass is 127. The molecule has 0 saturated carbocycles. The molecule has 0 radical (unpaired) electrons. The molecule has 138 valence electrons. The maximum absolute atomic E-state index is 12.4. The minimum Gasteiger partial charge on any atom is -0.484 e. The molecule has 0 unspecified atom stereocenters. The van der Waals surface area contributed by atoms with E-state index in [1.807, 2.05) is 62.4 Å². The Bertz CT molecular complexity index is 747. The summed E-state index contributed by atoms with van der Waals surface area (Å²) >= 11 is 2.21. The number of hydrogen-bond acceptors (Lipinski definition) is 3. The number of nitrogens with zero attached hydrogens (tertiary/aromatic N) is 1. The number of carbonyl (C=O) groups excluding carboxylic acids is 2. The van der Waals surface area contributed by atoms with E-state index in [0.717, 1.165) is 21.2 Å². The first-order chi connectivity index (χ1) is 12.5. The van der Waals surface area contributed by atoms with Gasteiger partial charge in [-0.2, -0.15) is 0 Å². The van der Waals surface area contributed by atoms with Crippen LogP contribution in [0.4, 0.5) is 5.69 Å². The van der Waals surface area contributed by atoms with Crippen LogP contribution in [-0.2, 0) is 9.59 Å². The number of ether oxygens (including phenoxy) is 1. The first-order valence-corrected chi connectivity index (χ1v) is 9.59. The van der Waals surface area contributed by atoms with E-state index in [1.165, 1.54) is 4.90 Å². The second-order valence-corrected chi connectivity index (χ2v) is 7.17. The number of para-hydroxylation sites is 1. The zero-order valence-electron chi connectivity index (χ0n) is 15.0. The molecule has 0 aliphatic rings. The molecule has 2 rings (SSSR count). The zero-order valence-corrected chi connectivity index (χ0v) is 17.2. The van der Waals surface area contributed by atoms with Crippen molar-refractivity contribution < 1.29 is 14.3 Å². The predicted molar refractivity (Wildman–Crippen MR) is 111 cm³/mol. The van der Waals surface area contributed by atoms with Gasteiger partial charge in [0.2, 0.25) is 5.91 Å². The van der Waals surface area contributed by atoms with Gasteiger partial charge in [-0.25, -0.2) is 0 Å². The Morgan fingerprint density at radius 2 is 1.81 bits per heavy atom. The number of anilines is 1. The molecule has 0 fully saturated rings. The molecule has 5 nitrogen and oxygen atoms in total. The summed E-state index contributed by atoms with van der Waals surface area (Å²) in [5, 5.41) is 2.86. The van der Waals surface area contributed by atoms with Gasteiger partial charge in [0.15, 0.2) is 6.61 Å². The Hall–Kier alpha value is -2.09. The maximum Gasteiger partial charge on any atom is 0.260 e. The molecule has 2 aromatic rings. The van der Waals surface area contributed by atoms with Crippen LogP contribution in [0, 0.1) is 10.5 Å². The number of hydrogen-bond donors (Lipinski definition) is 1. The first-order valence-electron chi connectivity index (χ1n) is 8.51. The summed E-state index contributed by atoms with van der Waals surface area (Å²) in [5.41, 5.74) is 1.74. The Balaban J connectivity index is 1.91. The first kappa shape index (κ1) is 20.2. The minimum absolute atomic E-state index is 0.0110. The van der Waals surface area contributed by atoms with Gasteiger partial charge in [-0.1, -0.05) is 25.1 Å². The number of rotatable bonds is 8. The lowest BCUT2D eigenvalue weighted by atomic mass is 10.2. The van der Waals surface area contributed by atoms with Crippen molar-refractivity contribution in [3.05, 3.63) is 57.7 Å². The number of carbonyl (C=O) groups is 2. The summed E-state index contributed by atoms with van der Waals surface area (Å²) in [6.45, 7) is 4.34. The van der Waals surface area contributed by atoms with Gasteiger partial charge < -0.3 is 15.0 Å². The summed E-state index contributed by atoms with van der Waals surface area (Å²) in [6.07, 6.45) is 0.771. The average molecular weight is 466 g/mol. The van der Waals surface area contributed by atoms with Crippen LogP contribution in [0.5, 0.6) is 5.75 Å². The van der Waals surface area contributed by atoms with E-state index < -0.39 is 0 Å². The second kappa shape index (κ2) is 10.2. The molecule has 0 aliphatic carbocycles. The normalized spacial score (nSPS) is 10.3. The Labute approximate surface area is 167 Å². The van der Waals surface area contributed by atoms with Gasteiger partial charge in [0.05, 0.1) is 6.54 Å². The lowest BCUT2D eigenvalue weighted by molar-refractivity contribution is -0.136. The summed E-state index contributed by atoms with van der Waals surface area (Å²) in [6, 6.07) is 15.0. The van der Waals surface area contributed by atoms with E-state index in [1.54, 1.807) is 0 Å². The third kappa shape index (κ3) is 6.33. The quantitative estimate of drug-likeness (QED) is 0.602. The fourth-order valence-electron chi connectivity index (χ4n) is 2.41. The van der Waals surface area contributed by atoms with E-state index >= 15 is 0 Å². The fourth-order valence-corrected chi connectivity index (χ4v) is 2.76. The third-order valence-electron chi connectivity index (χ3n) is 3.78. The molecule has 26 heavy (non-hydrogen) atoms. The van der Waals surface area contributed by atoms with E-state index in [0.29, 0.717) is 12.3 Å². The summed E-state index contributed by atoms with van der Waals surface area (Å²) in [4.78, 5) is 26.3. The van der Waals surface area contributed by atoms with Gasteiger partial charge in [-0.05, 0) is 71.8 Å². The van der Waals surface area contributed by atoms with Gasteiger partial charge in [0, 0.05) is 15.8 Å². The van der Waals surface area contributed by atoms with Gasteiger partial charge >= 0.3 is 0 Å². The summed E-state index contributed by atoms with van der Waals surface area (Å²) in [7, 11) is 0. The molecule has 0 saturated heterocycles. The highest BCUT2D eigenvalue weighted by molar-refractivity contribution is 14.1. The largest absolute Gasteiger partial charge is 0.484 e. The highest BCUT2D eigenvalue weighted by Gasteiger charge is 2.17. The van der Waals surface area contributed by atoms with Crippen molar-refractivity contribution in [3.63, 3.8) is 0 Å². The molecular formula is C20H23IN2O3. The standard InChI is InChI=1S/C20H23IN2O3/c1-3-12-23(13-19(24)22-18-7-5-4-6-15(18)2)20(25)14-26-17-10-8-16(21)9-11-17/h4-11H,3,12-14H2,1-2H3,(H,22,24). The van der Waals surface area contributed by atoms with E-state index in [4.69, 9.17) is 4.74 Å². The molecule has 1 N–H and O–H groups in total. The average Bonchev–Trinajstić information content (AvgIpc) is 2.62. The molecule has 0 aromatic heterocycles. The fraction of sp³-hybridized carbons (Fsp3) is 0.300. The van der Waals surface area contributed by atoms with Gasteiger partial charge in [0.25, 0.3) is 5.91 Å². The number of nitrogens with one attached hydrogen (secondary N) is 1. The zero-order chi connectivity index (χ0) is 18.9. The third-order valence-corrected chi connectivity index (χ3v) is 4.49. The van der Waals surface area contributed by atoms with Crippen molar-refractivity contribution in [2.75, 3.05) is 25.0 Å². The van der Waals surface area contributed by atoms with Crippen LogP contribution in [0.25, 0.3) is 0 Å². The molecule has 0 heterocycles. The molecule has 0 atom stereocenters. The summed E-state index contributed by atoms with van der Waals surface area (Å²) < 4.78 is 6.64. The topological polar surface area (TPSA) is 58.6 Å². The van der Waals surface area contributed by atoms with Crippen molar-refractivity contribution >= 4 is 40.1 Å². The maximum atomic E-state index is 12.4. The van der Waals surface area contributed by atoms with Gasteiger partial charge in [-0.15, -0.1) is 0 Å². The van der Waals surface area contributed by atoms with E-state index in [-0.39, 0.29) is 25.0 Å². The monoisotopic (exact) mass is 466 g/mol. The van der Waals surface area contributed by atoms with Crippen LogP contribution in [-0.4, -0.2) is 36.4 Å². The smallest absolute Gasteiger partial charge is 0.260 e. The molecule has 0 aliphatic heterocycles. The lowest BCUT2D eigenvalue weighted by Gasteiger charge is -2.22. The Morgan fingerprint density at radius 3 is 2.46 bits per heavy atom. The molecule has 2 amide bonds. The van der Waals surface area contributed by atoms with E-state index in [2.05, 4.69) is 27.9 Å². The van der Waals surface area contributed by atoms with Crippen LogP contribution in [0.1, 0.15) is 18.9 Å². The van der Waals surface area contributed by atoms with Crippen LogP contribution >= 0.6 is 22.6 Å². The minimum atomic E-state index is -0.213. The van der Waals surface area contributed by atoms with Crippen molar-refractivity contribution in [2.45, 2.75) is 20.3 Å². The summed E-state index contributed by atoms with van der Waals surface area (Å²) in [5.74, 6) is 0.222. The molecule has 6 heteroatoms. The van der Waals surface area contributed by atoms with Crippen LogP contribution in [0.15, 0.2) is 48.5 Å². The molecular weight excluding hydrogens is 443 g/mol. The lowest BCUT2D eigenvalue weighted by Crippen LogP contribution is -2.41. The number of benzene rings is 2. The molecule has 0 spiro atoms. The Morgan fingerprint density at radius 1 is 1.12 bits per heavy atom. The number of aryl methyl sites for hydroxylation is 1. The van der Waals surface area contributed by atoms with Gasteiger partial charge in [-0.3, -0.25) is 9.59 Å². The number of halogens is 1.